The fourth-order valence-electron chi connectivity index (χ4n) is 1.94. The highest BCUT2D eigenvalue weighted by molar-refractivity contribution is 6.42. The lowest BCUT2D eigenvalue weighted by molar-refractivity contribution is 0.102. The van der Waals surface area contributed by atoms with Crippen molar-refractivity contribution in [3.05, 3.63) is 76.4 Å². The zero-order chi connectivity index (χ0) is 15.5. The van der Waals surface area contributed by atoms with E-state index in [1.54, 1.807) is 29.1 Å². The molecule has 0 aliphatic rings. The second-order valence-corrected chi connectivity index (χ2v) is 5.38. The van der Waals surface area contributed by atoms with E-state index in [-0.39, 0.29) is 5.91 Å². The summed E-state index contributed by atoms with van der Waals surface area (Å²) in [6, 6.07) is 16.1. The van der Waals surface area contributed by atoms with Crippen molar-refractivity contribution in [2.75, 3.05) is 5.32 Å². The number of aromatic nitrogens is 2. The first-order valence-corrected chi connectivity index (χ1v) is 7.26. The lowest BCUT2D eigenvalue weighted by atomic mass is 10.2. The maximum absolute atomic E-state index is 12.2. The molecule has 1 N–H and O–H groups in total. The molecule has 0 saturated carbocycles. The number of hydrogen-bond donors (Lipinski definition) is 1. The Balaban J connectivity index is 1.77. The first kappa shape index (κ1) is 14.6. The van der Waals surface area contributed by atoms with Gasteiger partial charge in [0.25, 0.3) is 5.91 Å². The summed E-state index contributed by atoms with van der Waals surface area (Å²) in [7, 11) is 0. The Labute approximate surface area is 137 Å². The number of nitrogens with one attached hydrogen (secondary N) is 1. The van der Waals surface area contributed by atoms with Gasteiger partial charge in [-0.3, -0.25) is 4.79 Å². The fraction of sp³-hybridized carbons (Fsp3) is 0. The summed E-state index contributed by atoms with van der Waals surface area (Å²) in [6.07, 6.45) is 1.78. The number of nitrogens with zero attached hydrogens (tertiary/aromatic N) is 2. The van der Waals surface area contributed by atoms with E-state index in [2.05, 4.69) is 10.4 Å². The van der Waals surface area contributed by atoms with Gasteiger partial charge in [0.1, 0.15) is 0 Å². The van der Waals surface area contributed by atoms with E-state index in [0.717, 1.165) is 5.69 Å². The second-order valence-electron chi connectivity index (χ2n) is 4.56. The van der Waals surface area contributed by atoms with Crippen LogP contribution in [0, 0.1) is 0 Å². The maximum Gasteiger partial charge on any atom is 0.256 e. The Bertz CT molecular complexity index is 815. The fourth-order valence-corrected chi connectivity index (χ4v) is 2.24. The molecule has 0 fully saturated rings. The number of amides is 1. The summed E-state index contributed by atoms with van der Waals surface area (Å²) in [5.41, 5.74) is 1.33. The van der Waals surface area contributed by atoms with Crippen LogP contribution >= 0.6 is 23.2 Å². The van der Waals surface area contributed by atoms with Crippen molar-refractivity contribution in [2.24, 2.45) is 0 Å². The predicted molar refractivity (Wildman–Crippen MR) is 88.0 cm³/mol. The van der Waals surface area contributed by atoms with Gasteiger partial charge in [0, 0.05) is 17.8 Å². The molecule has 1 amide bonds. The van der Waals surface area contributed by atoms with Crippen LogP contribution in [0.5, 0.6) is 0 Å². The molecule has 0 aliphatic heterocycles. The Morgan fingerprint density at radius 2 is 1.77 bits per heavy atom. The largest absolute Gasteiger partial charge is 0.305 e. The molecule has 1 aromatic heterocycles. The van der Waals surface area contributed by atoms with Crippen LogP contribution in [0.2, 0.25) is 10.0 Å². The van der Waals surface area contributed by atoms with E-state index in [9.17, 15) is 4.79 Å². The third-order valence-corrected chi connectivity index (χ3v) is 3.77. The Morgan fingerprint density at radius 3 is 2.50 bits per heavy atom. The van der Waals surface area contributed by atoms with E-state index < -0.39 is 0 Å². The number of para-hydroxylation sites is 1. The highest BCUT2D eigenvalue weighted by Gasteiger charge is 2.10. The zero-order valence-corrected chi connectivity index (χ0v) is 12.8. The smallest absolute Gasteiger partial charge is 0.256 e. The normalized spacial score (nSPS) is 10.5. The Morgan fingerprint density at radius 1 is 1.00 bits per heavy atom. The number of halogens is 2. The van der Waals surface area contributed by atoms with Crippen LogP contribution in [0.3, 0.4) is 0 Å². The molecule has 1 heterocycles. The molecule has 6 heteroatoms. The van der Waals surface area contributed by atoms with Crippen molar-refractivity contribution in [3.63, 3.8) is 0 Å². The SMILES string of the molecule is O=C(Nc1ccn(-c2ccccc2)n1)c1ccc(Cl)c(Cl)c1. The Kier molecular flexibility index (Phi) is 4.13. The average molecular weight is 332 g/mol. The molecule has 0 atom stereocenters. The molecule has 0 unspecified atom stereocenters. The zero-order valence-electron chi connectivity index (χ0n) is 11.3. The van der Waals surface area contributed by atoms with Crippen molar-refractivity contribution in [1.82, 2.24) is 9.78 Å². The average Bonchev–Trinajstić information content (AvgIpc) is 2.99. The summed E-state index contributed by atoms with van der Waals surface area (Å²) in [5.74, 6) is 0.164. The first-order valence-electron chi connectivity index (χ1n) is 6.51. The summed E-state index contributed by atoms with van der Waals surface area (Å²) >= 11 is 11.8. The summed E-state index contributed by atoms with van der Waals surface area (Å²) in [4.78, 5) is 12.2. The van der Waals surface area contributed by atoms with Crippen molar-refractivity contribution in [3.8, 4) is 5.69 Å². The lowest BCUT2D eigenvalue weighted by Crippen LogP contribution is -2.12. The minimum atomic E-state index is -0.295. The quantitative estimate of drug-likeness (QED) is 0.771. The van der Waals surface area contributed by atoms with E-state index in [4.69, 9.17) is 23.2 Å². The molecule has 0 aliphatic carbocycles. The number of carbonyl (C=O) groups is 1. The molecular weight excluding hydrogens is 321 g/mol. The molecular formula is C16H11Cl2N3O. The highest BCUT2D eigenvalue weighted by Crippen LogP contribution is 2.23. The summed E-state index contributed by atoms with van der Waals surface area (Å²) in [6.45, 7) is 0. The number of rotatable bonds is 3. The molecule has 4 nitrogen and oxygen atoms in total. The van der Waals surface area contributed by atoms with Gasteiger partial charge in [-0.05, 0) is 30.3 Å². The van der Waals surface area contributed by atoms with Crippen LogP contribution in [0.4, 0.5) is 5.82 Å². The van der Waals surface area contributed by atoms with Crippen LogP contribution in [0.15, 0.2) is 60.8 Å². The van der Waals surface area contributed by atoms with Crippen LogP contribution < -0.4 is 5.32 Å². The number of benzene rings is 2. The Hall–Kier alpha value is -2.30. The molecule has 2 aromatic carbocycles. The molecule has 22 heavy (non-hydrogen) atoms. The van der Waals surface area contributed by atoms with Crippen molar-refractivity contribution < 1.29 is 4.79 Å². The summed E-state index contributed by atoms with van der Waals surface area (Å²) in [5, 5.41) is 7.78. The molecule has 110 valence electrons. The maximum atomic E-state index is 12.2. The van der Waals surface area contributed by atoms with E-state index in [1.807, 2.05) is 30.3 Å². The number of anilines is 1. The third-order valence-electron chi connectivity index (χ3n) is 3.03. The lowest BCUT2D eigenvalue weighted by Gasteiger charge is -2.04. The molecule has 3 aromatic rings. The van der Waals surface area contributed by atoms with Crippen molar-refractivity contribution >= 4 is 34.9 Å². The van der Waals surface area contributed by atoms with E-state index in [0.29, 0.717) is 21.4 Å². The van der Waals surface area contributed by atoms with Crippen LogP contribution in [0.25, 0.3) is 5.69 Å². The van der Waals surface area contributed by atoms with Gasteiger partial charge < -0.3 is 5.32 Å². The predicted octanol–water partition coefficient (Wildman–Crippen LogP) is 4.43. The van der Waals surface area contributed by atoms with Gasteiger partial charge in [-0.1, -0.05) is 41.4 Å². The van der Waals surface area contributed by atoms with Gasteiger partial charge in [0.15, 0.2) is 5.82 Å². The van der Waals surface area contributed by atoms with Gasteiger partial charge in [-0.15, -0.1) is 0 Å². The van der Waals surface area contributed by atoms with Crippen LogP contribution in [0.1, 0.15) is 10.4 Å². The van der Waals surface area contributed by atoms with Gasteiger partial charge in [-0.2, -0.15) is 5.10 Å². The minimum Gasteiger partial charge on any atom is -0.305 e. The number of carbonyl (C=O) groups excluding carboxylic acids is 1. The van der Waals surface area contributed by atoms with Gasteiger partial charge in [0.2, 0.25) is 0 Å². The van der Waals surface area contributed by atoms with Crippen molar-refractivity contribution in [1.29, 1.82) is 0 Å². The van der Waals surface area contributed by atoms with Crippen LogP contribution in [-0.4, -0.2) is 15.7 Å². The van der Waals surface area contributed by atoms with Crippen LogP contribution in [-0.2, 0) is 0 Å². The molecule has 0 saturated heterocycles. The van der Waals surface area contributed by atoms with E-state index >= 15 is 0 Å². The van der Waals surface area contributed by atoms with E-state index in [1.165, 1.54) is 6.07 Å². The van der Waals surface area contributed by atoms with Gasteiger partial charge >= 0.3 is 0 Å². The van der Waals surface area contributed by atoms with Gasteiger partial charge in [-0.25, -0.2) is 4.68 Å². The highest BCUT2D eigenvalue weighted by atomic mass is 35.5. The first-order chi connectivity index (χ1) is 10.6. The second kappa shape index (κ2) is 6.22. The summed E-state index contributed by atoms with van der Waals surface area (Å²) < 4.78 is 1.68. The number of hydrogen-bond acceptors (Lipinski definition) is 2. The monoisotopic (exact) mass is 331 g/mol. The van der Waals surface area contributed by atoms with Gasteiger partial charge in [0.05, 0.1) is 15.7 Å². The standard InChI is InChI=1S/C16H11Cl2N3O/c17-13-7-6-11(10-14(13)18)16(22)19-15-8-9-21(20-15)12-4-2-1-3-5-12/h1-10H,(H,19,20,22). The molecule has 0 bridgehead atoms. The third kappa shape index (κ3) is 3.13. The topological polar surface area (TPSA) is 46.9 Å². The minimum absolute atomic E-state index is 0.295. The van der Waals surface area contributed by atoms with Crippen molar-refractivity contribution in [2.45, 2.75) is 0 Å². The molecule has 0 radical (unpaired) electrons. The molecule has 3 rings (SSSR count). The molecule has 0 spiro atoms.